The van der Waals surface area contributed by atoms with E-state index in [-0.39, 0.29) is 18.4 Å². The van der Waals surface area contributed by atoms with E-state index in [1.165, 1.54) is 0 Å². The Bertz CT molecular complexity index is 206. The van der Waals surface area contributed by atoms with Gasteiger partial charge in [-0.15, -0.1) is 12.4 Å². The number of nitrogens with two attached hydrogens (primary N) is 1. The first kappa shape index (κ1) is 10.4. The average Bonchev–Trinajstić information content (AvgIpc) is 1.88. The van der Waals surface area contributed by atoms with Gasteiger partial charge in [0.1, 0.15) is 0 Å². The number of nitrogens with zero attached hydrogens (tertiary/aromatic N) is 1. The third kappa shape index (κ3) is 2.87. The fourth-order valence-corrected chi connectivity index (χ4v) is 0.749. The van der Waals surface area contributed by atoms with E-state index in [2.05, 4.69) is 4.98 Å². The standard InChI is InChI=1S/C8H12N2.ClH/c1-6-3-4-8(5-10-6)7(2)9;/h3-5,7H,9H2,1-2H3;1H. The molecular formula is C8H13ClN2. The molecule has 2 nitrogen and oxygen atoms in total. The Kier molecular flexibility index (Phi) is 4.08. The number of pyridine rings is 1. The molecule has 0 bridgehead atoms. The average molecular weight is 173 g/mol. The van der Waals surface area contributed by atoms with Crippen molar-refractivity contribution in [1.82, 2.24) is 4.98 Å². The summed E-state index contributed by atoms with van der Waals surface area (Å²) in [5, 5.41) is 0. The highest BCUT2D eigenvalue weighted by molar-refractivity contribution is 5.85. The van der Waals surface area contributed by atoms with Crippen LogP contribution in [0.3, 0.4) is 0 Å². The Balaban J connectivity index is 0.000001000. The summed E-state index contributed by atoms with van der Waals surface area (Å²) in [6.07, 6.45) is 1.82. The number of hydrogen-bond donors (Lipinski definition) is 1. The minimum atomic E-state index is 0. The van der Waals surface area contributed by atoms with Crippen molar-refractivity contribution in [2.24, 2.45) is 5.73 Å². The SMILES string of the molecule is Cc1ccc(C(C)N)cn1.Cl. The number of aryl methyl sites for hydroxylation is 1. The predicted octanol–water partition coefficient (Wildman–Crippen LogP) is 1.83. The Morgan fingerprint density at radius 3 is 2.45 bits per heavy atom. The van der Waals surface area contributed by atoms with Crippen LogP contribution in [-0.4, -0.2) is 4.98 Å². The lowest BCUT2D eigenvalue weighted by Gasteiger charge is -2.03. The van der Waals surface area contributed by atoms with Gasteiger partial charge in [0.05, 0.1) is 0 Å². The molecule has 1 aromatic heterocycles. The minimum absolute atomic E-state index is 0. The van der Waals surface area contributed by atoms with Gasteiger partial charge in [0.15, 0.2) is 0 Å². The minimum Gasteiger partial charge on any atom is -0.324 e. The molecule has 11 heavy (non-hydrogen) atoms. The molecule has 1 atom stereocenters. The fourth-order valence-electron chi connectivity index (χ4n) is 0.749. The van der Waals surface area contributed by atoms with E-state index in [1.54, 1.807) is 0 Å². The molecule has 1 unspecified atom stereocenters. The van der Waals surface area contributed by atoms with Crippen LogP contribution < -0.4 is 5.73 Å². The molecule has 3 heteroatoms. The molecule has 0 fully saturated rings. The summed E-state index contributed by atoms with van der Waals surface area (Å²) in [4.78, 5) is 4.12. The van der Waals surface area contributed by atoms with Crippen molar-refractivity contribution >= 4 is 12.4 Å². The highest BCUT2D eigenvalue weighted by atomic mass is 35.5. The Hall–Kier alpha value is -0.600. The lowest BCUT2D eigenvalue weighted by Crippen LogP contribution is -2.04. The first-order chi connectivity index (χ1) is 4.70. The van der Waals surface area contributed by atoms with Crippen molar-refractivity contribution in [3.05, 3.63) is 29.6 Å². The predicted molar refractivity (Wildman–Crippen MR) is 48.8 cm³/mol. The van der Waals surface area contributed by atoms with E-state index >= 15 is 0 Å². The first-order valence-corrected chi connectivity index (χ1v) is 3.38. The van der Waals surface area contributed by atoms with Gasteiger partial charge in [0.25, 0.3) is 0 Å². The maximum atomic E-state index is 5.62. The lowest BCUT2D eigenvalue weighted by molar-refractivity contribution is 0.810. The van der Waals surface area contributed by atoms with E-state index in [0.717, 1.165) is 11.3 Å². The van der Waals surface area contributed by atoms with Gasteiger partial charge in [0.2, 0.25) is 0 Å². The maximum Gasteiger partial charge on any atom is 0.0372 e. The van der Waals surface area contributed by atoms with Crippen molar-refractivity contribution in [1.29, 1.82) is 0 Å². The first-order valence-electron chi connectivity index (χ1n) is 3.38. The normalized spacial score (nSPS) is 11.9. The third-order valence-electron chi connectivity index (χ3n) is 1.46. The summed E-state index contributed by atoms with van der Waals surface area (Å²) in [6.45, 7) is 3.91. The van der Waals surface area contributed by atoms with Gasteiger partial charge in [0, 0.05) is 17.9 Å². The number of rotatable bonds is 1. The maximum absolute atomic E-state index is 5.62. The van der Waals surface area contributed by atoms with Gasteiger partial charge in [-0.3, -0.25) is 4.98 Å². The quantitative estimate of drug-likeness (QED) is 0.702. The molecule has 0 spiro atoms. The Morgan fingerprint density at radius 2 is 2.09 bits per heavy atom. The summed E-state index contributed by atoms with van der Waals surface area (Å²) in [5.74, 6) is 0. The fraction of sp³-hybridized carbons (Fsp3) is 0.375. The second-order valence-electron chi connectivity index (χ2n) is 2.52. The van der Waals surface area contributed by atoms with Crippen LogP contribution >= 0.6 is 12.4 Å². The van der Waals surface area contributed by atoms with Gasteiger partial charge >= 0.3 is 0 Å². The zero-order valence-corrected chi connectivity index (χ0v) is 7.56. The van der Waals surface area contributed by atoms with Gasteiger partial charge < -0.3 is 5.73 Å². The van der Waals surface area contributed by atoms with Crippen molar-refractivity contribution in [2.45, 2.75) is 19.9 Å². The number of hydrogen-bond acceptors (Lipinski definition) is 2. The van der Waals surface area contributed by atoms with Crippen molar-refractivity contribution in [3.63, 3.8) is 0 Å². The summed E-state index contributed by atoms with van der Waals surface area (Å²) < 4.78 is 0. The Morgan fingerprint density at radius 1 is 1.45 bits per heavy atom. The van der Waals surface area contributed by atoms with Crippen molar-refractivity contribution in [2.75, 3.05) is 0 Å². The monoisotopic (exact) mass is 172 g/mol. The van der Waals surface area contributed by atoms with E-state index in [9.17, 15) is 0 Å². The van der Waals surface area contributed by atoms with Crippen LogP contribution in [0, 0.1) is 6.92 Å². The lowest BCUT2D eigenvalue weighted by atomic mass is 10.1. The third-order valence-corrected chi connectivity index (χ3v) is 1.46. The molecule has 0 aliphatic carbocycles. The summed E-state index contributed by atoms with van der Waals surface area (Å²) in [6, 6.07) is 4.07. The smallest absolute Gasteiger partial charge is 0.0372 e. The second-order valence-corrected chi connectivity index (χ2v) is 2.52. The largest absolute Gasteiger partial charge is 0.324 e. The zero-order valence-electron chi connectivity index (χ0n) is 6.74. The van der Waals surface area contributed by atoms with Crippen molar-refractivity contribution < 1.29 is 0 Å². The molecule has 62 valence electrons. The van der Waals surface area contributed by atoms with Gasteiger partial charge in [-0.2, -0.15) is 0 Å². The molecule has 1 rings (SSSR count). The van der Waals surface area contributed by atoms with Gasteiger partial charge in [-0.1, -0.05) is 6.07 Å². The van der Waals surface area contributed by atoms with Crippen LogP contribution in [-0.2, 0) is 0 Å². The summed E-state index contributed by atoms with van der Waals surface area (Å²) >= 11 is 0. The molecule has 1 heterocycles. The molecule has 0 aromatic carbocycles. The molecule has 0 aliphatic rings. The van der Waals surface area contributed by atoms with E-state index in [4.69, 9.17) is 5.73 Å². The highest BCUT2D eigenvalue weighted by Gasteiger charge is 1.96. The molecule has 0 saturated heterocycles. The van der Waals surface area contributed by atoms with Crippen molar-refractivity contribution in [3.8, 4) is 0 Å². The van der Waals surface area contributed by atoms with Crippen LogP contribution in [0.1, 0.15) is 24.2 Å². The molecular weight excluding hydrogens is 160 g/mol. The van der Waals surface area contributed by atoms with E-state index in [0.29, 0.717) is 0 Å². The summed E-state index contributed by atoms with van der Waals surface area (Å²) in [5.41, 5.74) is 7.74. The molecule has 0 aliphatic heterocycles. The van der Waals surface area contributed by atoms with Crippen LogP contribution in [0.4, 0.5) is 0 Å². The topological polar surface area (TPSA) is 38.9 Å². The van der Waals surface area contributed by atoms with Crippen LogP contribution in [0.2, 0.25) is 0 Å². The Labute approximate surface area is 73.2 Å². The van der Waals surface area contributed by atoms with E-state index in [1.807, 2.05) is 32.2 Å². The van der Waals surface area contributed by atoms with Gasteiger partial charge in [-0.25, -0.2) is 0 Å². The van der Waals surface area contributed by atoms with Crippen LogP contribution in [0.15, 0.2) is 18.3 Å². The highest BCUT2D eigenvalue weighted by Crippen LogP contribution is 2.06. The molecule has 1 aromatic rings. The molecule has 2 N–H and O–H groups in total. The van der Waals surface area contributed by atoms with Crippen LogP contribution in [0.5, 0.6) is 0 Å². The van der Waals surface area contributed by atoms with E-state index < -0.39 is 0 Å². The molecule has 0 radical (unpaired) electrons. The van der Waals surface area contributed by atoms with Crippen LogP contribution in [0.25, 0.3) is 0 Å². The molecule has 0 amide bonds. The number of halogens is 1. The van der Waals surface area contributed by atoms with Gasteiger partial charge in [-0.05, 0) is 25.5 Å². The second kappa shape index (κ2) is 4.31. The number of aromatic nitrogens is 1. The summed E-state index contributed by atoms with van der Waals surface area (Å²) in [7, 11) is 0. The molecule has 0 saturated carbocycles. The zero-order chi connectivity index (χ0) is 7.56.